The van der Waals surface area contributed by atoms with Gasteiger partial charge in [-0.25, -0.2) is 4.99 Å². The molecule has 0 atom stereocenters. The number of methoxy groups -OCH3 is 1. The van der Waals surface area contributed by atoms with Gasteiger partial charge < -0.3 is 20.1 Å². The maximum absolute atomic E-state index is 5.85. The van der Waals surface area contributed by atoms with Gasteiger partial charge in [-0.05, 0) is 38.0 Å². The Hall–Kier alpha value is -1.81. The normalized spacial score (nSPS) is 11.1. The summed E-state index contributed by atoms with van der Waals surface area (Å²) in [5.41, 5.74) is 3.38. The Kier molecular flexibility index (Phi) is 11.6. The number of guanidine groups is 1. The first-order chi connectivity index (χ1) is 13.1. The predicted octanol–water partition coefficient (Wildman–Crippen LogP) is 2.90. The van der Waals surface area contributed by atoms with Crippen LogP contribution in [0.3, 0.4) is 0 Å². The van der Waals surface area contributed by atoms with Crippen LogP contribution >= 0.6 is 24.0 Å². The summed E-state index contributed by atoms with van der Waals surface area (Å²) < 4.78 is 12.8. The third-order valence-electron chi connectivity index (χ3n) is 3.92. The van der Waals surface area contributed by atoms with E-state index in [9.17, 15) is 0 Å². The van der Waals surface area contributed by atoms with Gasteiger partial charge in [0.05, 0.1) is 25.9 Å². The van der Waals surface area contributed by atoms with Gasteiger partial charge in [0, 0.05) is 32.0 Å². The van der Waals surface area contributed by atoms with Crippen LogP contribution < -0.4 is 15.4 Å². The maximum atomic E-state index is 5.85. The molecule has 1 aromatic heterocycles. The topological polar surface area (TPSA) is 72.7 Å². The van der Waals surface area contributed by atoms with Crippen LogP contribution in [0.4, 0.5) is 0 Å². The van der Waals surface area contributed by atoms with E-state index in [1.54, 1.807) is 7.11 Å². The quantitative estimate of drug-likeness (QED) is 0.227. The van der Waals surface area contributed by atoms with Crippen molar-refractivity contribution in [2.45, 2.75) is 33.9 Å². The van der Waals surface area contributed by atoms with Crippen molar-refractivity contribution in [1.29, 1.82) is 0 Å². The smallest absolute Gasteiger partial charge is 0.191 e. The molecule has 0 fully saturated rings. The fraction of sp³-hybridized carbons (Fsp3) is 0.500. The highest BCUT2D eigenvalue weighted by atomic mass is 127. The first-order valence-corrected chi connectivity index (χ1v) is 9.35. The molecule has 0 aliphatic rings. The standard InChI is InChI=1S/C20H31N5O2.HI/c1-5-21-20(22-8-9-25-15-17(3)13-24-25)23-14-18-7-6-16(2)12-19(18)27-11-10-26-4;/h6-7,12-13,15H,5,8-11,14H2,1-4H3,(H2,21,22,23);1H. The number of nitrogens with zero attached hydrogens (tertiary/aromatic N) is 3. The van der Waals surface area contributed by atoms with Crippen molar-refractivity contribution in [2.75, 3.05) is 33.4 Å². The van der Waals surface area contributed by atoms with Crippen LogP contribution in [0, 0.1) is 13.8 Å². The van der Waals surface area contributed by atoms with Crippen LogP contribution in [-0.4, -0.2) is 49.2 Å². The molecule has 0 saturated heterocycles. The highest BCUT2D eigenvalue weighted by Gasteiger charge is 2.05. The van der Waals surface area contributed by atoms with Crippen LogP contribution in [0.1, 0.15) is 23.6 Å². The number of ether oxygens (including phenoxy) is 2. The van der Waals surface area contributed by atoms with Crippen LogP contribution in [-0.2, 0) is 17.8 Å². The largest absolute Gasteiger partial charge is 0.491 e. The molecule has 0 saturated carbocycles. The summed E-state index contributed by atoms with van der Waals surface area (Å²) in [5, 5.41) is 10.9. The van der Waals surface area contributed by atoms with Crippen LogP contribution in [0.2, 0.25) is 0 Å². The average molecular weight is 501 g/mol. The van der Waals surface area contributed by atoms with Crippen LogP contribution in [0.15, 0.2) is 35.6 Å². The average Bonchev–Trinajstić information content (AvgIpc) is 3.06. The lowest BCUT2D eigenvalue weighted by Crippen LogP contribution is -2.38. The van der Waals surface area contributed by atoms with E-state index in [2.05, 4.69) is 41.7 Å². The van der Waals surface area contributed by atoms with Crippen molar-refractivity contribution in [1.82, 2.24) is 20.4 Å². The van der Waals surface area contributed by atoms with Gasteiger partial charge in [-0.1, -0.05) is 12.1 Å². The number of hydrogen-bond acceptors (Lipinski definition) is 4. The van der Waals surface area contributed by atoms with E-state index in [0.717, 1.165) is 48.0 Å². The summed E-state index contributed by atoms with van der Waals surface area (Å²) in [6.07, 6.45) is 3.89. The Morgan fingerprint density at radius 1 is 1.18 bits per heavy atom. The fourth-order valence-electron chi connectivity index (χ4n) is 2.55. The van der Waals surface area contributed by atoms with Crippen LogP contribution in [0.5, 0.6) is 5.75 Å². The molecule has 1 aromatic carbocycles. The lowest BCUT2D eigenvalue weighted by Gasteiger charge is -2.13. The second-order valence-corrected chi connectivity index (χ2v) is 6.36. The highest BCUT2D eigenvalue weighted by molar-refractivity contribution is 14.0. The van der Waals surface area contributed by atoms with E-state index in [1.807, 2.05) is 30.1 Å². The number of nitrogens with one attached hydrogen (secondary N) is 2. The zero-order valence-electron chi connectivity index (χ0n) is 17.2. The SMILES string of the molecule is CCNC(=NCc1ccc(C)cc1OCCOC)NCCn1cc(C)cn1.I. The number of benzene rings is 1. The molecule has 2 rings (SSSR count). The van der Waals surface area contributed by atoms with Crippen molar-refractivity contribution >= 4 is 29.9 Å². The van der Waals surface area contributed by atoms with Gasteiger partial charge in [0.15, 0.2) is 5.96 Å². The van der Waals surface area contributed by atoms with Gasteiger partial charge in [0.1, 0.15) is 12.4 Å². The number of rotatable bonds is 10. The molecule has 2 N–H and O–H groups in total. The molecule has 0 aliphatic carbocycles. The van der Waals surface area contributed by atoms with E-state index in [4.69, 9.17) is 14.5 Å². The summed E-state index contributed by atoms with van der Waals surface area (Å²) >= 11 is 0. The van der Waals surface area contributed by atoms with E-state index in [1.165, 1.54) is 0 Å². The van der Waals surface area contributed by atoms with Crippen molar-refractivity contribution in [3.63, 3.8) is 0 Å². The summed E-state index contributed by atoms with van der Waals surface area (Å²) in [5.74, 6) is 1.64. The molecule has 8 heteroatoms. The Bertz CT molecular complexity index is 733. The van der Waals surface area contributed by atoms with Gasteiger partial charge in [0.2, 0.25) is 0 Å². The van der Waals surface area contributed by atoms with Crippen LogP contribution in [0.25, 0.3) is 0 Å². The molecule has 2 aromatic rings. The van der Waals surface area contributed by atoms with Crippen molar-refractivity contribution < 1.29 is 9.47 Å². The van der Waals surface area contributed by atoms with E-state index in [0.29, 0.717) is 19.8 Å². The van der Waals surface area contributed by atoms with Crippen molar-refractivity contribution in [2.24, 2.45) is 4.99 Å². The second-order valence-electron chi connectivity index (χ2n) is 6.36. The molecule has 28 heavy (non-hydrogen) atoms. The van der Waals surface area contributed by atoms with Crippen molar-refractivity contribution in [3.05, 3.63) is 47.3 Å². The van der Waals surface area contributed by atoms with Crippen molar-refractivity contribution in [3.8, 4) is 5.75 Å². The molecule has 156 valence electrons. The molecule has 1 heterocycles. The molecule has 0 spiro atoms. The predicted molar refractivity (Wildman–Crippen MR) is 124 cm³/mol. The second kappa shape index (κ2) is 13.4. The Labute approximate surface area is 184 Å². The van der Waals surface area contributed by atoms with E-state index < -0.39 is 0 Å². The maximum Gasteiger partial charge on any atom is 0.191 e. The molecule has 0 aliphatic heterocycles. The number of hydrogen-bond donors (Lipinski definition) is 2. The summed E-state index contributed by atoms with van der Waals surface area (Å²) in [6.45, 7) is 10.1. The molecular formula is C20H32IN5O2. The number of aliphatic imine (C=N–C) groups is 1. The lowest BCUT2D eigenvalue weighted by molar-refractivity contribution is 0.145. The Morgan fingerprint density at radius 2 is 2.00 bits per heavy atom. The minimum absolute atomic E-state index is 0. The molecule has 7 nitrogen and oxygen atoms in total. The minimum Gasteiger partial charge on any atom is -0.491 e. The lowest BCUT2D eigenvalue weighted by atomic mass is 10.1. The Balaban J connectivity index is 0.00000392. The third kappa shape index (κ3) is 8.47. The number of aromatic nitrogens is 2. The van der Waals surface area contributed by atoms with Gasteiger partial charge in [-0.15, -0.1) is 24.0 Å². The summed E-state index contributed by atoms with van der Waals surface area (Å²) in [7, 11) is 1.67. The molecule has 0 radical (unpaired) electrons. The first-order valence-electron chi connectivity index (χ1n) is 9.35. The van der Waals surface area contributed by atoms with Gasteiger partial charge in [-0.2, -0.15) is 5.10 Å². The molecule has 0 amide bonds. The highest BCUT2D eigenvalue weighted by Crippen LogP contribution is 2.21. The molecule has 0 bridgehead atoms. The van der Waals surface area contributed by atoms with Gasteiger partial charge in [0.25, 0.3) is 0 Å². The monoisotopic (exact) mass is 501 g/mol. The zero-order chi connectivity index (χ0) is 19.5. The number of halogens is 1. The third-order valence-corrected chi connectivity index (χ3v) is 3.92. The van der Waals surface area contributed by atoms with Gasteiger partial charge in [-0.3, -0.25) is 4.68 Å². The first kappa shape index (κ1) is 24.2. The fourth-order valence-corrected chi connectivity index (χ4v) is 2.55. The zero-order valence-corrected chi connectivity index (χ0v) is 19.5. The molecule has 0 unspecified atom stereocenters. The Morgan fingerprint density at radius 3 is 2.68 bits per heavy atom. The summed E-state index contributed by atoms with van der Waals surface area (Å²) in [6, 6.07) is 6.19. The number of aryl methyl sites for hydroxylation is 2. The minimum atomic E-state index is 0. The van der Waals surface area contributed by atoms with Gasteiger partial charge >= 0.3 is 0 Å². The van der Waals surface area contributed by atoms with E-state index >= 15 is 0 Å². The van der Waals surface area contributed by atoms with E-state index in [-0.39, 0.29) is 24.0 Å². The molecular weight excluding hydrogens is 469 g/mol. The summed E-state index contributed by atoms with van der Waals surface area (Å²) in [4.78, 5) is 4.69.